The maximum atomic E-state index is 11.2. The molecule has 0 aliphatic rings. The third kappa shape index (κ3) is 4.41. The zero-order valence-corrected chi connectivity index (χ0v) is 14.4. The lowest BCUT2D eigenvalue weighted by atomic mass is 10.1. The molecule has 1 heterocycles. The van der Waals surface area contributed by atoms with Crippen molar-refractivity contribution in [3.05, 3.63) is 86.0 Å². The van der Waals surface area contributed by atoms with Crippen LogP contribution >= 0.6 is 0 Å². The fraction of sp³-hybridized carbons (Fsp3) is 0. The summed E-state index contributed by atoms with van der Waals surface area (Å²) >= 11 is 0. The van der Waals surface area contributed by atoms with Crippen LogP contribution in [0.15, 0.2) is 90.4 Å². The second-order valence-corrected chi connectivity index (χ2v) is 5.46. The highest BCUT2D eigenvalue weighted by molar-refractivity contribution is 5.84. The molecule has 5 heteroatoms. The standard InChI is InChI=1S/C22H16O5/c1-3-21(23)25-17-9-5-15(6-10-17)19-13-14-20(27-19)16-7-11-18(12-8-16)26-22(24)4-2/h3-14H,1-2H2. The zero-order valence-electron chi connectivity index (χ0n) is 14.4. The monoisotopic (exact) mass is 360 g/mol. The predicted octanol–water partition coefficient (Wildman–Crippen LogP) is 4.80. The summed E-state index contributed by atoms with van der Waals surface area (Å²) in [5, 5.41) is 0. The lowest BCUT2D eigenvalue weighted by Gasteiger charge is -2.03. The first-order valence-corrected chi connectivity index (χ1v) is 8.08. The van der Waals surface area contributed by atoms with E-state index in [1.165, 1.54) is 0 Å². The number of carbonyl (C=O) groups is 2. The summed E-state index contributed by atoms with van der Waals surface area (Å²) in [6.07, 6.45) is 2.21. The molecule has 0 aliphatic carbocycles. The van der Waals surface area contributed by atoms with Crippen molar-refractivity contribution in [3.8, 4) is 34.1 Å². The Labute approximate surface area is 156 Å². The van der Waals surface area contributed by atoms with Gasteiger partial charge in [-0.25, -0.2) is 9.59 Å². The molecule has 3 rings (SSSR count). The van der Waals surface area contributed by atoms with E-state index in [0.29, 0.717) is 23.0 Å². The molecule has 0 saturated heterocycles. The van der Waals surface area contributed by atoms with Crippen LogP contribution in [0.1, 0.15) is 0 Å². The highest BCUT2D eigenvalue weighted by Gasteiger charge is 2.09. The smallest absolute Gasteiger partial charge is 0.335 e. The SMILES string of the molecule is C=CC(=O)Oc1ccc(-c2ccc(-c3ccc(OC(=O)C=C)cc3)o2)cc1. The van der Waals surface area contributed by atoms with Gasteiger partial charge in [0.2, 0.25) is 0 Å². The molecule has 0 N–H and O–H groups in total. The fourth-order valence-corrected chi connectivity index (χ4v) is 2.34. The lowest BCUT2D eigenvalue weighted by Crippen LogP contribution is -2.02. The van der Waals surface area contributed by atoms with Gasteiger partial charge >= 0.3 is 11.9 Å². The third-order valence-electron chi connectivity index (χ3n) is 3.65. The average molecular weight is 360 g/mol. The van der Waals surface area contributed by atoms with E-state index in [-0.39, 0.29) is 0 Å². The number of rotatable bonds is 6. The van der Waals surface area contributed by atoms with Crippen LogP contribution in [0.3, 0.4) is 0 Å². The highest BCUT2D eigenvalue weighted by atomic mass is 16.5. The Kier molecular flexibility index (Phi) is 5.33. The molecule has 0 bridgehead atoms. The summed E-state index contributed by atoms with van der Waals surface area (Å²) in [5.74, 6) is 1.19. The Balaban J connectivity index is 1.74. The Bertz CT molecular complexity index is 898. The summed E-state index contributed by atoms with van der Waals surface area (Å²) in [4.78, 5) is 22.4. The van der Waals surface area contributed by atoms with Crippen LogP contribution in [-0.2, 0) is 9.59 Å². The van der Waals surface area contributed by atoms with Gasteiger partial charge < -0.3 is 13.9 Å². The molecule has 0 radical (unpaired) electrons. The second kappa shape index (κ2) is 8.01. The Morgan fingerprint density at radius 3 is 1.37 bits per heavy atom. The molecule has 5 nitrogen and oxygen atoms in total. The molecule has 134 valence electrons. The molecule has 1 aromatic heterocycles. The lowest BCUT2D eigenvalue weighted by molar-refractivity contribution is -0.129. The van der Waals surface area contributed by atoms with Gasteiger partial charge in [-0.1, -0.05) is 13.2 Å². The van der Waals surface area contributed by atoms with E-state index in [9.17, 15) is 9.59 Å². The van der Waals surface area contributed by atoms with Crippen molar-refractivity contribution in [3.63, 3.8) is 0 Å². The van der Waals surface area contributed by atoms with Gasteiger partial charge in [-0.2, -0.15) is 0 Å². The number of hydrogen-bond donors (Lipinski definition) is 0. The van der Waals surface area contributed by atoms with Crippen molar-refractivity contribution < 1.29 is 23.5 Å². The maximum absolute atomic E-state index is 11.2. The van der Waals surface area contributed by atoms with Gasteiger partial charge in [0.1, 0.15) is 23.0 Å². The van der Waals surface area contributed by atoms with Gasteiger partial charge in [0, 0.05) is 23.3 Å². The van der Waals surface area contributed by atoms with E-state index in [1.807, 2.05) is 12.1 Å². The topological polar surface area (TPSA) is 65.7 Å². The quantitative estimate of drug-likeness (QED) is 0.359. The minimum Gasteiger partial charge on any atom is -0.456 e. The molecule has 0 saturated carbocycles. The number of esters is 2. The van der Waals surface area contributed by atoms with Crippen LogP contribution in [0, 0.1) is 0 Å². The Morgan fingerprint density at radius 1 is 0.667 bits per heavy atom. The van der Waals surface area contributed by atoms with Crippen molar-refractivity contribution in [2.75, 3.05) is 0 Å². The van der Waals surface area contributed by atoms with Gasteiger partial charge in [-0.15, -0.1) is 0 Å². The molecule has 0 atom stereocenters. The van der Waals surface area contributed by atoms with E-state index >= 15 is 0 Å². The fourth-order valence-electron chi connectivity index (χ4n) is 2.34. The van der Waals surface area contributed by atoms with Crippen LogP contribution in [0.5, 0.6) is 11.5 Å². The Morgan fingerprint density at radius 2 is 1.04 bits per heavy atom. The number of benzene rings is 2. The maximum Gasteiger partial charge on any atom is 0.335 e. The zero-order chi connectivity index (χ0) is 19.2. The van der Waals surface area contributed by atoms with Crippen molar-refractivity contribution in [2.45, 2.75) is 0 Å². The van der Waals surface area contributed by atoms with Crippen molar-refractivity contribution in [1.82, 2.24) is 0 Å². The summed E-state index contributed by atoms with van der Waals surface area (Å²) in [5.41, 5.74) is 1.69. The largest absolute Gasteiger partial charge is 0.456 e. The number of furan rings is 1. The van der Waals surface area contributed by atoms with E-state index in [1.54, 1.807) is 48.5 Å². The first kappa shape index (κ1) is 17.9. The molecule has 0 aliphatic heterocycles. The molecule has 3 aromatic rings. The van der Waals surface area contributed by atoms with Gasteiger partial charge in [0.15, 0.2) is 0 Å². The summed E-state index contributed by atoms with van der Waals surface area (Å²) in [6.45, 7) is 6.72. The minimum atomic E-state index is -0.509. The summed E-state index contributed by atoms with van der Waals surface area (Å²) in [6, 6.07) is 17.6. The molecular weight excluding hydrogens is 344 g/mol. The second-order valence-electron chi connectivity index (χ2n) is 5.46. The van der Waals surface area contributed by atoms with Gasteiger partial charge in [-0.05, 0) is 60.7 Å². The number of ether oxygens (including phenoxy) is 2. The summed E-state index contributed by atoms with van der Waals surface area (Å²) < 4.78 is 16.0. The minimum absolute atomic E-state index is 0.431. The van der Waals surface area contributed by atoms with Crippen molar-refractivity contribution in [1.29, 1.82) is 0 Å². The van der Waals surface area contributed by atoms with Crippen LogP contribution in [-0.4, -0.2) is 11.9 Å². The highest BCUT2D eigenvalue weighted by Crippen LogP contribution is 2.30. The van der Waals surface area contributed by atoms with E-state index in [4.69, 9.17) is 13.9 Å². The molecule has 27 heavy (non-hydrogen) atoms. The molecule has 0 fully saturated rings. The van der Waals surface area contributed by atoms with E-state index in [0.717, 1.165) is 23.3 Å². The Hall–Kier alpha value is -3.86. The third-order valence-corrected chi connectivity index (χ3v) is 3.65. The molecule has 0 spiro atoms. The van der Waals surface area contributed by atoms with Crippen LogP contribution < -0.4 is 9.47 Å². The normalized spacial score (nSPS) is 10.1. The summed E-state index contributed by atoms with van der Waals surface area (Å²) in [7, 11) is 0. The molecule has 0 unspecified atom stereocenters. The number of hydrogen-bond acceptors (Lipinski definition) is 5. The number of carbonyl (C=O) groups excluding carboxylic acids is 2. The first-order chi connectivity index (χ1) is 13.1. The molecular formula is C22H16O5. The van der Waals surface area contributed by atoms with Crippen molar-refractivity contribution in [2.24, 2.45) is 0 Å². The first-order valence-electron chi connectivity index (χ1n) is 8.08. The van der Waals surface area contributed by atoms with Gasteiger partial charge in [0.25, 0.3) is 0 Å². The van der Waals surface area contributed by atoms with E-state index in [2.05, 4.69) is 13.2 Å². The van der Waals surface area contributed by atoms with E-state index < -0.39 is 11.9 Å². The van der Waals surface area contributed by atoms with Gasteiger partial charge in [0.05, 0.1) is 0 Å². The average Bonchev–Trinajstić information content (AvgIpc) is 3.19. The predicted molar refractivity (Wildman–Crippen MR) is 101 cm³/mol. The van der Waals surface area contributed by atoms with Gasteiger partial charge in [-0.3, -0.25) is 0 Å². The van der Waals surface area contributed by atoms with Crippen LogP contribution in [0.2, 0.25) is 0 Å². The van der Waals surface area contributed by atoms with Crippen LogP contribution in [0.4, 0.5) is 0 Å². The van der Waals surface area contributed by atoms with Crippen molar-refractivity contribution >= 4 is 11.9 Å². The molecule has 0 amide bonds. The molecule has 2 aromatic carbocycles. The van der Waals surface area contributed by atoms with Crippen LogP contribution in [0.25, 0.3) is 22.6 Å².